The molecule has 1 saturated heterocycles. The molecule has 9 heteroatoms. The third kappa shape index (κ3) is 5.36. The number of amides is 2. The van der Waals surface area contributed by atoms with Crippen LogP contribution in [-0.4, -0.2) is 41.8 Å². The molecule has 0 unspecified atom stereocenters. The predicted octanol–water partition coefficient (Wildman–Crippen LogP) is 6.02. The maximum Gasteiger partial charge on any atom is 0.329 e. The van der Waals surface area contributed by atoms with Crippen molar-refractivity contribution in [3.63, 3.8) is 0 Å². The van der Waals surface area contributed by atoms with Gasteiger partial charge in [0, 0.05) is 0 Å². The molecule has 0 spiro atoms. The summed E-state index contributed by atoms with van der Waals surface area (Å²) in [7, 11) is 1.55. The molecule has 0 bridgehead atoms. The van der Waals surface area contributed by atoms with Crippen molar-refractivity contribution >= 4 is 68.3 Å². The molecule has 2 amide bonds. The number of halogens is 1. The van der Waals surface area contributed by atoms with Gasteiger partial charge in [0.1, 0.15) is 12.6 Å². The lowest BCUT2D eigenvalue weighted by atomic mass is 10.1. The molecule has 0 aliphatic carbocycles. The number of nitrogens with zero attached hydrogens (tertiary/aromatic N) is 1. The van der Waals surface area contributed by atoms with Gasteiger partial charge in [-0.3, -0.25) is 14.5 Å². The van der Waals surface area contributed by atoms with Gasteiger partial charge in [-0.15, -0.1) is 0 Å². The van der Waals surface area contributed by atoms with Gasteiger partial charge in [-0.25, -0.2) is 4.79 Å². The van der Waals surface area contributed by atoms with Gasteiger partial charge in [-0.05, 0) is 88.3 Å². The molecule has 7 nitrogen and oxygen atoms in total. The van der Waals surface area contributed by atoms with Gasteiger partial charge in [0.15, 0.2) is 11.5 Å². The number of rotatable bonds is 8. The predicted molar refractivity (Wildman–Crippen MR) is 148 cm³/mol. The highest BCUT2D eigenvalue weighted by atomic mass is 127. The third-order valence-corrected chi connectivity index (χ3v) is 7.33. The van der Waals surface area contributed by atoms with Crippen LogP contribution in [0.2, 0.25) is 0 Å². The molecule has 4 rings (SSSR count). The molecule has 1 aliphatic rings. The van der Waals surface area contributed by atoms with Gasteiger partial charge in [-0.1, -0.05) is 42.5 Å². The van der Waals surface area contributed by atoms with Crippen molar-refractivity contribution in [2.24, 2.45) is 0 Å². The first kappa shape index (κ1) is 26.0. The number of methoxy groups -OCH3 is 1. The maximum absolute atomic E-state index is 12.9. The number of hydrogen-bond acceptors (Lipinski definition) is 7. The average molecular weight is 617 g/mol. The zero-order chi connectivity index (χ0) is 25.8. The average Bonchev–Trinajstić information content (AvgIpc) is 3.14. The van der Waals surface area contributed by atoms with Crippen molar-refractivity contribution in [1.29, 1.82) is 0 Å². The summed E-state index contributed by atoms with van der Waals surface area (Å²) in [5.74, 6) is -0.0551. The van der Waals surface area contributed by atoms with Crippen molar-refractivity contribution in [3.05, 3.63) is 74.2 Å². The summed E-state index contributed by atoms with van der Waals surface area (Å²) < 4.78 is 17.5. The number of thioether (sulfide) groups is 1. The van der Waals surface area contributed by atoms with Crippen molar-refractivity contribution in [1.82, 2.24) is 4.90 Å². The van der Waals surface area contributed by atoms with Crippen LogP contribution < -0.4 is 9.47 Å². The zero-order valence-corrected chi connectivity index (χ0v) is 22.9. The summed E-state index contributed by atoms with van der Waals surface area (Å²) in [5, 5.41) is 1.75. The zero-order valence-electron chi connectivity index (χ0n) is 19.9. The van der Waals surface area contributed by atoms with Crippen molar-refractivity contribution in [2.45, 2.75) is 26.5 Å². The number of carbonyl (C=O) groups is 3. The maximum atomic E-state index is 12.9. The van der Waals surface area contributed by atoms with Gasteiger partial charge in [0.2, 0.25) is 0 Å². The number of carbonyl (C=O) groups excluding carboxylic acids is 3. The molecule has 36 heavy (non-hydrogen) atoms. The summed E-state index contributed by atoms with van der Waals surface area (Å²) in [6, 6.07) is 16.8. The molecule has 186 valence electrons. The Balaban J connectivity index is 1.57. The van der Waals surface area contributed by atoms with Crippen LogP contribution in [0.25, 0.3) is 16.8 Å². The Morgan fingerprint density at radius 2 is 1.89 bits per heavy atom. The second kappa shape index (κ2) is 11.3. The standard InChI is InChI=1S/C27H24INO6S/c1-4-34-26(31)16(2)29-25(30)23(36-27(29)32)14-17-12-21(28)24(22(13-17)33-3)35-15-19-10-7-9-18-8-5-6-11-20(18)19/h5-14,16H,4,15H2,1-3H3/b23-14+/t16-/m1/s1. The van der Waals surface area contributed by atoms with Crippen molar-refractivity contribution < 1.29 is 28.6 Å². The van der Waals surface area contributed by atoms with E-state index in [1.165, 1.54) is 6.92 Å². The topological polar surface area (TPSA) is 82.1 Å². The molecule has 1 fully saturated rings. The molecular formula is C27H24INO6S. The molecule has 3 aromatic rings. The number of benzene rings is 3. The number of imide groups is 1. The van der Waals surface area contributed by atoms with E-state index in [-0.39, 0.29) is 11.5 Å². The number of ether oxygens (including phenoxy) is 3. The SMILES string of the molecule is CCOC(=O)[C@@H](C)N1C(=O)S/C(=C/c2cc(I)c(OCc3cccc4ccccc34)c(OC)c2)C1=O. The van der Waals surface area contributed by atoms with E-state index < -0.39 is 23.2 Å². The molecule has 0 radical (unpaired) electrons. The molecular weight excluding hydrogens is 593 g/mol. The first-order chi connectivity index (χ1) is 17.3. The quantitative estimate of drug-likeness (QED) is 0.174. The highest BCUT2D eigenvalue weighted by molar-refractivity contribution is 14.1. The van der Waals surface area contributed by atoms with Gasteiger partial charge >= 0.3 is 5.97 Å². The first-order valence-electron chi connectivity index (χ1n) is 11.2. The van der Waals surface area contributed by atoms with E-state index in [4.69, 9.17) is 14.2 Å². The minimum atomic E-state index is -0.997. The van der Waals surface area contributed by atoms with Crippen LogP contribution in [0.15, 0.2) is 59.5 Å². The monoisotopic (exact) mass is 617 g/mol. The summed E-state index contributed by atoms with van der Waals surface area (Å²) in [6.45, 7) is 3.67. The molecule has 0 saturated carbocycles. The van der Waals surface area contributed by atoms with Gasteiger partial charge in [0.25, 0.3) is 11.1 Å². The van der Waals surface area contributed by atoms with E-state index >= 15 is 0 Å². The van der Waals surface area contributed by atoms with E-state index in [1.54, 1.807) is 26.2 Å². The molecule has 1 aliphatic heterocycles. The first-order valence-corrected chi connectivity index (χ1v) is 13.1. The molecule has 1 atom stereocenters. The Labute approximate surface area is 226 Å². The van der Waals surface area contributed by atoms with Gasteiger partial charge in [-0.2, -0.15) is 0 Å². The summed E-state index contributed by atoms with van der Waals surface area (Å²) in [5.41, 5.74) is 1.72. The Bertz CT molecular complexity index is 1370. The molecule has 1 heterocycles. The number of esters is 1. The largest absolute Gasteiger partial charge is 0.493 e. The Morgan fingerprint density at radius 3 is 2.64 bits per heavy atom. The van der Waals surface area contributed by atoms with Crippen LogP contribution in [-0.2, 0) is 20.9 Å². The Hall–Kier alpha value is -3.05. The van der Waals surface area contributed by atoms with Crippen LogP contribution in [0, 0.1) is 3.57 Å². The highest BCUT2D eigenvalue weighted by Crippen LogP contribution is 2.38. The van der Waals surface area contributed by atoms with Crippen LogP contribution in [0.5, 0.6) is 11.5 Å². The molecule has 0 N–H and O–H groups in total. The van der Waals surface area contributed by atoms with Crippen LogP contribution in [0.1, 0.15) is 25.0 Å². The lowest BCUT2D eigenvalue weighted by Crippen LogP contribution is -2.42. The summed E-state index contributed by atoms with van der Waals surface area (Å²) >= 11 is 2.95. The normalized spacial score (nSPS) is 15.4. The lowest BCUT2D eigenvalue weighted by molar-refractivity contribution is -0.150. The highest BCUT2D eigenvalue weighted by Gasteiger charge is 2.41. The minimum Gasteiger partial charge on any atom is -0.493 e. The second-order valence-electron chi connectivity index (χ2n) is 7.94. The fraction of sp³-hybridized carbons (Fsp3) is 0.222. The van der Waals surface area contributed by atoms with E-state index in [0.29, 0.717) is 23.7 Å². The minimum absolute atomic E-state index is 0.169. The van der Waals surface area contributed by atoms with Crippen molar-refractivity contribution in [3.8, 4) is 11.5 Å². The number of hydrogen-bond donors (Lipinski definition) is 0. The van der Waals surface area contributed by atoms with E-state index in [2.05, 4.69) is 40.8 Å². The van der Waals surface area contributed by atoms with E-state index in [9.17, 15) is 14.4 Å². The lowest BCUT2D eigenvalue weighted by Gasteiger charge is -2.19. The van der Waals surface area contributed by atoms with Crippen LogP contribution in [0.4, 0.5) is 4.79 Å². The second-order valence-corrected chi connectivity index (χ2v) is 10.1. The van der Waals surface area contributed by atoms with Gasteiger partial charge < -0.3 is 14.2 Å². The summed E-state index contributed by atoms with van der Waals surface area (Å²) in [4.78, 5) is 38.6. The van der Waals surface area contributed by atoms with Gasteiger partial charge in [0.05, 0.1) is 22.2 Å². The fourth-order valence-electron chi connectivity index (χ4n) is 3.86. The summed E-state index contributed by atoms with van der Waals surface area (Å²) in [6.07, 6.45) is 1.61. The van der Waals surface area contributed by atoms with E-state index in [0.717, 1.165) is 36.6 Å². The smallest absolute Gasteiger partial charge is 0.329 e. The van der Waals surface area contributed by atoms with E-state index in [1.807, 2.05) is 30.3 Å². The van der Waals surface area contributed by atoms with Crippen molar-refractivity contribution in [2.75, 3.05) is 13.7 Å². The van der Waals surface area contributed by atoms with Crippen LogP contribution in [0.3, 0.4) is 0 Å². The number of fused-ring (bicyclic) bond motifs is 1. The molecule has 3 aromatic carbocycles. The van der Waals surface area contributed by atoms with Crippen LogP contribution >= 0.6 is 34.4 Å². The molecule has 0 aromatic heterocycles. The Kier molecular flexibility index (Phi) is 8.20. The fourth-order valence-corrected chi connectivity index (χ4v) is 5.55. The Morgan fingerprint density at radius 1 is 1.14 bits per heavy atom. The third-order valence-electron chi connectivity index (χ3n) is 5.64.